The van der Waals surface area contributed by atoms with E-state index in [1.54, 1.807) is 6.20 Å². The van der Waals surface area contributed by atoms with Crippen LogP contribution in [0.5, 0.6) is 0 Å². The molecule has 0 unspecified atom stereocenters. The average Bonchev–Trinajstić information content (AvgIpc) is 2.71. The summed E-state index contributed by atoms with van der Waals surface area (Å²) in [5, 5.41) is 0. The van der Waals surface area contributed by atoms with Gasteiger partial charge in [0, 0.05) is 12.6 Å². The maximum atomic E-state index is 5.74. The maximum Gasteiger partial charge on any atom is 0.216 e. The van der Waals surface area contributed by atoms with Gasteiger partial charge in [-0.15, -0.1) is 0 Å². The second kappa shape index (κ2) is 4.00. The van der Waals surface area contributed by atoms with Crippen LogP contribution in [0.2, 0.25) is 0 Å². The van der Waals surface area contributed by atoms with Crippen molar-refractivity contribution in [2.24, 2.45) is 11.7 Å². The summed E-state index contributed by atoms with van der Waals surface area (Å²) in [6.45, 7) is 4.01. The summed E-state index contributed by atoms with van der Waals surface area (Å²) in [7, 11) is 0. The van der Waals surface area contributed by atoms with E-state index in [4.69, 9.17) is 10.2 Å². The molecule has 4 nitrogen and oxygen atoms in total. The minimum Gasteiger partial charge on any atom is -0.428 e. The van der Waals surface area contributed by atoms with E-state index in [0.29, 0.717) is 12.0 Å². The van der Waals surface area contributed by atoms with Gasteiger partial charge in [0.15, 0.2) is 6.39 Å². The molecule has 78 valence electrons. The Labute approximate surface area is 84.1 Å². The van der Waals surface area contributed by atoms with Gasteiger partial charge in [-0.05, 0) is 32.2 Å². The molecule has 0 spiro atoms. The highest BCUT2D eigenvalue weighted by Gasteiger charge is 2.28. The minimum atomic E-state index is 0.460. The fourth-order valence-corrected chi connectivity index (χ4v) is 2.20. The van der Waals surface area contributed by atoms with Gasteiger partial charge in [0.25, 0.3) is 0 Å². The van der Waals surface area contributed by atoms with E-state index >= 15 is 0 Å². The molecule has 0 radical (unpaired) electrons. The van der Waals surface area contributed by atoms with Crippen LogP contribution in [0, 0.1) is 5.92 Å². The molecular weight excluding hydrogens is 178 g/mol. The standard InChI is InChI=1S/C10H17N3O/c1-8-9(5-11)3-2-4-13(8)10-6-12-7-14-10/h6-9H,2-5,11H2,1H3/t8-,9-/m1/s1. The van der Waals surface area contributed by atoms with Crippen molar-refractivity contribution < 1.29 is 4.42 Å². The van der Waals surface area contributed by atoms with Crippen LogP contribution in [0.1, 0.15) is 19.8 Å². The number of rotatable bonds is 2. The Hall–Kier alpha value is -1.03. The van der Waals surface area contributed by atoms with Crippen LogP contribution < -0.4 is 10.6 Å². The molecule has 4 heteroatoms. The molecule has 0 bridgehead atoms. The van der Waals surface area contributed by atoms with Crippen LogP contribution in [0.4, 0.5) is 5.88 Å². The van der Waals surface area contributed by atoms with Gasteiger partial charge in [-0.3, -0.25) is 0 Å². The molecule has 1 saturated heterocycles. The molecule has 1 aromatic heterocycles. The van der Waals surface area contributed by atoms with Crippen LogP contribution in [0.15, 0.2) is 17.0 Å². The minimum absolute atomic E-state index is 0.460. The van der Waals surface area contributed by atoms with Crippen molar-refractivity contribution in [3.8, 4) is 0 Å². The average molecular weight is 195 g/mol. The fourth-order valence-electron chi connectivity index (χ4n) is 2.20. The van der Waals surface area contributed by atoms with Crippen LogP contribution >= 0.6 is 0 Å². The zero-order valence-corrected chi connectivity index (χ0v) is 8.52. The molecule has 2 atom stereocenters. The first-order valence-corrected chi connectivity index (χ1v) is 5.18. The van der Waals surface area contributed by atoms with Crippen LogP contribution in [0.3, 0.4) is 0 Å². The van der Waals surface area contributed by atoms with E-state index in [1.165, 1.54) is 19.2 Å². The van der Waals surface area contributed by atoms with Gasteiger partial charge < -0.3 is 15.1 Å². The summed E-state index contributed by atoms with van der Waals surface area (Å²) >= 11 is 0. The lowest BCUT2D eigenvalue weighted by atomic mass is 9.90. The molecule has 14 heavy (non-hydrogen) atoms. The van der Waals surface area contributed by atoms with Crippen LogP contribution in [0.25, 0.3) is 0 Å². The van der Waals surface area contributed by atoms with Crippen LogP contribution in [-0.2, 0) is 0 Å². The Bertz CT molecular complexity index is 273. The van der Waals surface area contributed by atoms with Gasteiger partial charge in [-0.2, -0.15) is 0 Å². The lowest BCUT2D eigenvalue weighted by molar-refractivity contribution is 0.330. The van der Waals surface area contributed by atoms with Crippen molar-refractivity contribution in [1.82, 2.24) is 4.98 Å². The molecule has 2 rings (SSSR count). The van der Waals surface area contributed by atoms with Gasteiger partial charge in [0.2, 0.25) is 5.88 Å². The number of hydrogen-bond acceptors (Lipinski definition) is 4. The molecule has 1 aliphatic heterocycles. The van der Waals surface area contributed by atoms with Gasteiger partial charge in [-0.25, -0.2) is 4.98 Å². The lowest BCUT2D eigenvalue weighted by Gasteiger charge is -2.38. The SMILES string of the molecule is C[C@@H]1[C@@H](CN)CCCN1c1cnco1. The molecular formula is C10H17N3O. The summed E-state index contributed by atoms with van der Waals surface area (Å²) in [5.74, 6) is 1.45. The predicted molar refractivity (Wildman–Crippen MR) is 55.1 cm³/mol. The largest absolute Gasteiger partial charge is 0.428 e. The molecule has 1 aliphatic rings. The number of anilines is 1. The zero-order chi connectivity index (χ0) is 9.97. The second-order valence-electron chi connectivity index (χ2n) is 3.91. The number of oxazole rings is 1. The molecule has 0 amide bonds. The van der Waals surface area contributed by atoms with Gasteiger partial charge in [-0.1, -0.05) is 0 Å². The summed E-state index contributed by atoms with van der Waals surface area (Å²) in [6.07, 6.45) is 5.67. The normalized spacial score (nSPS) is 28.0. The van der Waals surface area contributed by atoms with E-state index in [9.17, 15) is 0 Å². The lowest BCUT2D eigenvalue weighted by Crippen LogP contribution is -2.45. The topological polar surface area (TPSA) is 55.3 Å². The van der Waals surface area contributed by atoms with Crippen molar-refractivity contribution in [3.63, 3.8) is 0 Å². The number of hydrogen-bond donors (Lipinski definition) is 1. The summed E-state index contributed by atoms with van der Waals surface area (Å²) < 4.78 is 5.31. The monoisotopic (exact) mass is 195 g/mol. The predicted octanol–water partition coefficient (Wildman–Crippen LogP) is 1.24. The maximum absolute atomic E-state index is 5.74. The highest BCUT2D eigenvalue weighted by Crippen LogP contribution is 2.27. The van der Waals surface area contributed by atoms with Gasteiger partial charge in [0.05, 0.1) is 6.20 Å². The second-order valence-corrected chi connectivity index (χ2v) is 3.91. The molecule has 0 aromatic carbocycles. The highest BCUT2D eigenvalue weighted by molar-refractivity contribution is 5.34. The molecule has 2 heterocycles. The third-order valence-electron chi connectivity index (χ3n) is 3.15. The third-order valence-corrected chi connectivity index (χ3v) is 3.15. The highest BCUT2D eigenvalue weighted by atomic mass is 16.4. The third kappa shape index (κ3) is 1.62. The van der Waals surface area contributed by atoms with Crippen LogP contribution in [-0.4, -0.2) is 24.1 Å². The van der Waals surface area contributed by atoms with Crippen molar-refractivity contribution >= 4 is 5.88 Å². The smallest absolute Gasteiger partial charge is 0.216 e. The van der Waals surface area contributed by atoms with E-state index in [1.807, 2.05) is 0 Å². The number of aromatic nitrogens is 1. The molecule has 0 saturated carbocycles. The molecule has 2 N–H and O–H groups in total. The van der Waals surface area contributed by atoms with Gasteiger partial charge >= 0.3 is 0 Å². The van der Waals surface area contributed by atoms with E-state index in [-0.39, 0.29) is 0 Å². The van der Waals surface area contributed by atoms with E-state index in [2.05, 4.69) is 16.8 Å². The molecule has 1 fully saturated rings. The zero-order valence-electron chi connectivity index (χ0n) is 8.52. The Morgan fingerprint density at radius 1 is 1.71 bits per heavy atom. The summed E-state index contributed by atoms with van der Waals surface area (Å²) in [4.78, 5) is 6.20. The van der Waals surface area contributed by atoms with Crippen molar-refractivity contribution in [2.45, 2.75) is 25.8 Å². The molecule has 0 aliphatic carbocycles. The first-order chi connectivity index (χ1) is 6.83. The fraction of sp³-hybridized carbons (Fsp3) is 0.700. The summed E-state index contributed by atoms with van der Waals surface area (Å²) in [6, 6.07) is 0.460. The Kier molecular flexibility index (Phi) is 2.72. The number of nitrogens with zero attached hydrogens (tertiary/aromatic N) is 2. The quantitative estimate of drug-likeness (QED) is 0.771. The Morgan fingerprint density at radius 2 is 2.57 bits per heavy atom. The van der Waals surface area contributed by atoms with Gasteiger partial charge in [0.1, 0.15) is 0 Å². The number of nitrogens with two attached hydrogens (primary N) is 1. The Morgan fingerprint density at radius 3 is 3.21 bits per heavy atom. The Balaban J connectivity index is 2.11. The first-order valence-electron chi connectivity index (χ1n) is 5.18. The van der Waals surface area contributed by atoms with Crippen molar-refractivity contribution in [2.75, 3.05) is 18.0 Å². The van der Waals surface area contributed by atoms with Crippen molar-refractivity contribution in [3.05, 3.63) is 12.6 Å². The van der Waals surface area contributed by atoms with Crippen molar-refractivity contribution in [1.29, 1.82) is 0 Å². The van der Waals surface area contributed by atoms with E-state index < -0.39 is 0 Å². The molecule has 1 aromatic rings. The number of piperidine rings is 1. The summed E-state index contributed by atoms with van der Waals surface area (Å²) in [5.41, 5.74) is 5.74. The first kappa shape index (κ1) is 9.52. The van der Waals surface area contributed by atoms with E-state index in [0.717, 1.165) is 19.0 Å².